The van der Waals surface area contributed by atoms with E-state index in [0.29, 0.717) is 12.4 Å². The molecule has 0 amide bonds. The fourth-order valence-electron chi connectivity index (χ4n) is 1.43. The van der Waals surface area contributed by atoms with Crippen LogP contribution in [0.3, 0.4) is 0 Å². The molecule has 0 aliphatic carbocycles. The zero-order valence-electron chi connectivity index (χ0n) is 9.60. The van der Waals surface area contributed by atoms with Crippen molar-refractivity contribution in [3.8, 4) is 5.75 Å². The van der Waals surface area contributed by atoms with Crippen LogP contribution in [0.25, 0.3) is 0 Å². The molecule has 0 radical (unpaired) electrons. The number of nitrogens with zero attached hydrogens (tertiary/aromatic N) is 3. The summed E-state index contributed by atoms with van der Waals surface area (Å²) in [5.41, 5.74) is 0.805. The summed E-state index contributed by atoms with van der Waals surface area (Å²) >= 11 is 6.83. The summed E-state index contributed by atoms with van der Waals surface area (Å²) in [5, 5.41) is 13.1. The Morgan fingerprint density at radius 3 is 2.50 bits per heavy atom. The summed E-state index contributed by atoms with van der Waals surface area (Å²) in [4.78, 5) is 4.08. The predicted molar refractivity (Wildman–Crippen MR) is 73.1 cm³/mol. The van der Waals surface area contributed by atoms with Gasteiger partial charge in [-0.3, -0.25) is 4.68 Å². The first-order chi connectivity index (χ1) is 8.61. The van der Waals surface area contributed by atoms with Crippen LogP contribution in [0.15, 0.2) is 27.4 Å². The maximum atomic E-state index is 9.09. The molecule has 96 valence electrons. The number of aromatic nitrogens is 3. The van der Waals surface area contributed by atoms with Gasteiger partial charge >= 0.3 is 0 Å². The average molecular weight is 377 g/mol. The third-order valence-electron chi connectivity index (χ3n) is 2.39. The fourth-order valence-corrected chi connectivity index (χ4v) is 2.94. The van der Waals surface area contributed by atoms with E-state index < -0.39 is 0 Å². The first-order valence-corrected chi connectivity index (χ1v) is 6.75. The SMILES string of the molecule is Cn1ncnc1COc1c(Br)cc(CO)cc1Br. The molecule has 2 aromatic rings. The molecule has 0 aliphatic heterocycles. The molecule has 1 aromatic heterocycles. The molecule has 0 aliphatic rings. The van der Waals surface area contributed by atoms with E-state index in [1.165, 1.54) is 6.33 Å². The third kappa shape index (κ3) is 2.90. The van der Waals surface area contributed by atoms with E-state index in [9.17, 15) is 0 Å². The fraction of sp³-hybridized carbons (Fsp3) is 0.273. The van der Waals surface area contributed by atoms with Gasteiger partial charge in [-0.05, 0) is 49.6 Å². The molecule has 1 heterocycles. The van der Waals surface area contributed by atoms with Gasteiger partial charge in [0.25, 0.3) is 0 Å². The van der Waals surface area contributed by atoms with Crippen molar-refractivity contribution in [2.24, 2.45) is 7.05 Å². The Balaban J connectivity index is 2.17. The van der Waals surface area contributed by atoms with Crippen LogP contribution < -0.4 is 4.74 Å². The second kappa shape index (κ2) is 5.81. The molecule has 1 N–H and O–H groups in total. The van der Waals surface area contributed by atoms with Crippen LogP contribution in [0, 0.1) is 0 Å². The zero-order valence-corrected chi connectivity index (χ0v) is 12.8. The number of aliphatic hydroxyl groups excluding tert-OH is 1. The largest absolute Gasteiger partial charge is 0.483 e. The maximum absolute atomic E-state index is 9.09. The normalized spacial score (nSPS) is 10.7. The van der Waals surface area contributed by atoms with E-state index >= 15 is 0 Å². The van der Waals surface area contributed by atoms with E-state index in [-0.39, 0.29) is 6.61 Å². The Hall–Kier alpha value is -0.920. The average Bonchev–Trinajstić information content (AvgIpc) is 2.73. The molecule has 0 saturated carbocycles. The second-order valence-corrected chi connectivity index (χ2v) is 5.34. The van der Waals surface area contributed by atoms with Gasteiger partial charge in [-0.15, -0.1) is 0 Å². The number of ether oxygens (including phenoxy) is 1. The minimum atomic E-state index is -0.0131. The van der Waals surface area contributed by atoms with Gasteiger partial charge in [0, 0.05) is 7.05 Å². The maximum Gasteiger partial charge on any atom is 0.164 e. The van der Waals surface area contributed by atoms with E-state index in [1.54, 1.807) is 4.68 Å². The number of aliphatic hydroxyl groups is 1. The van der Waals surface area contributed by atoms with Crippen molar-refractivity contribution in [1.82, 2.24) is 14.8 Å². The van der Waals surface area contributed by atoms with Gasteiger partial charge in [0.15, 0.2) is 5.82 Å². The Kier molecular flexibility index (Phi) is 4.36. The van der Waals surface area contributed by atoms with Crippen molar-refractivity contribution in [2.45, 2.75) is 13.2 Å². The Bertz CT molecular complexity index is 534. The third-order valence-corrected chi connectivity index (χ3v) is 3.57. The van der Waals surface area contributed by atoms with Crippen molar-refractivity contribution in [3.63, 3.8) is 0 Å². The number of benzene rings is 1. The molecule has 0 bridgehead atoms. The van der Waals surface area contributed by atoms with Gasteiger partial charge in [0.05, 0.1) is 15.6 Å². The van der Waals surface area contributed by atoms with Gasteiger partial charge < -0.3 is 9.84 Å². The summed E-state index contributed by atoms with van der Waals surface area (Å²) < 4.78 is 8.91. The highest BCUT2D eigenvalue weighted by Crippen LogP contribution is 2.35. The number of hydrogen-bond acceptors (Lipinski definition) is 4. The predicted octanol–water partition coefficient (Wildman–Crippen LogP) is 2.41. The Morgan fingerprint density at radius 1 is 1.33 bits per heavy atom. The van der Waals surface area contributed by atoms with E-state index in [0.717, 1.165) is 20.3 Å². The van der Waals surface area contributed by atoms with Gasteiger partial charge in [0.2, 0.25) is 0 Å². The van der Waals surface area contributed by atoms with E-state index in [1.807, 2.05) is 19.2 Å². The molecule has 5 nitrogen and oxygen atoms in total. The lowest BCUT2D eigenvalue weighted by Gasteiger charge is -2.11. The van der Waals surface area contributed by atoms with Crippen molar-refractivity contribution in [3.05, 3.63) is 38.8 Å². The summed E-state index contributed by atoms with van der Waals surface area (Å²) in [7, 11) is 1.81. The molecule has 0 atom stereocenters. The molecule has 1 aromatic carbocycles. The lowest BCUT2D eigenvalue weighted by molar-refractivity contribution is 0.277. The topological polar surface area (TPSA) is 60.2 Å². The second-order valence-electron chi connectivity index (χ2n) is 3.64. The van der Waals surface area contributed by atoms with Crippen LogP contribution in [-0.2, 0) is 20.3 Å². The zero-order chi connectivity index (χ0) is 13.1. The number of rotatable bonds is 4. The van der Waals surface area contributed by atoms with Crippen molar-refractivity contribution in [1.29, 1.82) is 0 Å². The summed E-state index contributed by atoms with van der Waals surface area (Å²) in [6, 6.07) is 3.63. The van der Waals surface area contributed by atoms with Crippen LogP contribution in [0.4, 0.5) is 0 Å². The van der Waals surface area contributed by atoms with Gasteiger partial charge in [-0.25, -0.2) is 4.98 Å². The Morgan fingerprint density at radius 2 is 2.00 bits per heavy atom. The Labute approximate surface area is 121 Å². The summed E-state index contributed by atoms with van der Waals surface area (Å²) in [6.45, 7) is 0.312. The number of halogens is 2. The van der Waals surface area contributed by atoms with Crippen molar-refractivity contribution < 1.29 is 9.84 Å². The van der Waals surface area contributed by atoms with Crippen LogP contribution in [-0.4, -0.2) is 19.9 Å². The van der Waals surface area contributed by atoms with Gasteiger partial charge in [-0.2, -0.15) is 5.10 Å². The molecule has 0 spiro atoms. The molecule has 0 fully saturated rings. The molecule has 7 heteroatoms. The van der Waals surface area contributed by atoms with E-state index in [4.69, 9.17) is 9.84 Å². The van der Waals surface area contributed by atoms with Crippen LogP contribution in [0.1, 0.15) is 11.4 Å². The highest BCUT2D eigenvalue weighted by Gasteiger charge is 2.10. The van der Waals surface area contributed by atoms with Crippen molar-refractivity contribution in [2.75, 3.05) is 0 Å². The monoisotopic (exact) mass is 375 g/mol. The molecule has 0 saturated heterocycles. The number of hydrogen-bond donors (Lipinski definition) is 1. The smallest absolute Gasteiger partial charge is 0.164 e. The van der Waals surface area contributed by atoms with Crippen LogP contribution in [0.2, 0.25) is 0 Å². The summed E-state index contributed by atoms with van der Waals surface area (Å²) in [6.07, 6.45) is 1.48. The van der Waals surface area contributed by atoms with Crippen LogP contribution in [0.5, 0.6) is 5.75 Å². The molecular formula is C11H11Br2N3O2. The lowest BCUT2D eigenvalue weighted by Crippen LogP contribution is -2.05. The quantitative estimate of drug-likeness (QED) is 0.890. The highest BCUT2D eigenvalue weighted by atomic mass is 79.9. The molecule has 2 rings (SSSR count). The summed E-state index contributed by atoms with van der Waals surface area (Å²) in [5.74, 6) is 1.41. The van der Waals surface area contributed by atoms with Gasteiger partial charge in [0.1, 0.15) is 18.7 Å². The highest BCUT2D eigenvalue weighted by molar-refractivity contribution is 9.11. The van der Waals surface area contributed by atoms with Gasteiger partial charge in [-0.1, -0.05) is 0 Å². The molecule has 0 unspecified atom stereocenters. The molecular weight excluding hydrogens is 366 g/mol. The molecule has 18 heavy (non-hydrogen) atoms. The standard InChI is InChI=1S/C11H11Br2N3O2/c1-16-10(14-6-15-16)5-18-11-8(12)2-7(4-17)3-9(11)13/h2-3,6,17H,4-5H2,1H3. The minimum Gasteiger partial charge on any atom is -0.483 e. The van der Waals surface area contributed by atoms with Crippen LogP contribution >= 0.6 is 31.9 Å². The number of aryl methyl sites for hydroxylation is 1. The minimum absolute atomic E-state index is 0.0131. The van der Waals surface area contributed by atoms with Crippen molar-refractivity contribution >= 4 is 31.9 Å². The van der Waals surface area contributed by atoms with E-state index in [2.05, 4.69) is 41.9 Å². The first-order valence-electron chi connectivity index (χ1n) is 5.16. The first kappa shape index (κ1) is 13.5. The lowest BCUT2D eigenvalue weighted by atomic mass is 10.2.